The van der Waals surface area contributed by atoms with Gasteiger partial charge < -0.3 is 18.5 Å². The summed E-state index contributed by atoms with van der Waals surface area (Å²) in [5, 5.41) is 4.51. The average molecular weight is 504 g/mol. The van der Waals surface area contributed by atoms with Crippen LogP contribution in [0.25, 0.3) is 5.69 Å². The van der Waals surface area contributed by atoms with E-state index in [1.165, 1.54) is 17.6 Å². The largest absolute Gasteiger partial charge is 0.489 e. The SMILES string of the molecule is C=CCOc1ccc(Cl)cc1/C=N/NC(=O)c1ccc(COc2ccc(-n3c(C)ccc3C)cc2)o1. The number of halogens is 1. The zero-order chi connectivity index (χ0) is 25.5. The lowest BCUT2D eigenvalue weighted by Gasteiger charge is -2.10. The summed E-state index contributed by atoms with van der Waals surface area (Å²) in [6.45, 7) is 8.29. The number of nitrogens with zero attached hydrogens (tertiary/aromatic N) is 2. The van der Waals surface area contributed by atoms with E-state index in [-0.39, 0.29) is 12.4 Å². The number of amides is 1. The van der Waals surface area contributed by atoms with Crippen molar-refractivity contribution in [3.8, 4) is 17.2 Å². The predicted molar refractivity (Wildman–Crippen MR) is 140 cm³/mol. The predicted octanol–water partition coefficient (Wildman–Crippen LogP) is 6.25. The smallest absolute Gasteiger partial charge is 0.307 e. The Balaban J connectivity index is 1.32. The summed E-state index contributed by atoms with van der Waals surface area (Å²) in [4.78, 5) is 12.4. The second-order valence-corrected chi connectivity index (χ2v) is 8.42. The van der Waals surface area contributed by atoms with E-state index < -0.39 is 5.91 Å². The third-order valence-electron chi connectivity index (χ3n) is 5.33. The van der Waals surface area contributed by atoms with Crippen LogP contribution >= 0.6 is 11.6 Å². The molecule has 0 atom stereocenters. The van der Waals surface area contributed by atoms with E-state index >= 15 is 0 Å². The van der Waals surface area contributed by atoms with Crippen molar-refractivity contribution in [1.82, 2.24) is 9.99 Å². The Morgan fingerprint density at radius 1 is 1.06 bits per heavy atom. The van der Waals surface area contributed by atoms with Gasteiger partial charge in [-0.15, -0.1) is 0 Å². The summed E-state index contributed by atoms with van der Waals surface area (Å²) >= 11 is 6.06. The van der Waals surface area contributed by atoms with E-state index in [0.717, 1.165) is 5.69 Å². The van der Waals surface area contributed by atoms with E-state index in [9.17, 15) is 4.79 Å². The Morgan fingerprint density at radius 3 is 2.53 bits per heavy atom. The van der Waals surface area contributed by atoms with Crippen LogP contribution in [0.4, 0.5) is 0 Å². The first-order valence-electron chi connectivity index (χ1n) is 11.3. The highest BCUT2D eigenvalue weighted by atomic mass is 35.5. The van der Waals surface area contributed by atoms with Gasteiger partial charge in [-0.3, -0.25) is 4.79 Å². The van der Waals surface area contributed by atoms with Gasteiger partial charge in [0.15, 0.2) is 5.76 Å². The van der Waals surface area contributed by atoms with Crippen molar-refractivity contribution in [3.05, 3.63) is 113 Å². The monoisotopic (exact) mass is 503 g/mol. The molecule has 0 aliphatic carbocycles. The molecule has 7 nitrogen and oxygen atoms in total. The molecule has 4 aromatic rings. The number of rotatable bonds is 10. The quantitative estimate of drug-likeness (QED) is 0.158. The van der Waals surface area contributed by atoms with Crippen LogP contribution in [0.1, 0.15) is 33.3 Å². The zero-order valence-corrected chi connectivity index (χ0v) is 20.8. The number of carbonyl (C=O) groups excluding carboxylic acids is 1. The van der Waals surface area contributed by atoms with Crippen LogP contribution in [0, 0.1) is 13.8 Å². The molecule has 0 bridgehead atoms. The fraction of sp³-hybridized carbons (Fsp3) is 0.143. The first-order chi connectivity index (χ1) is 17.4. The molecule has 8 heteroatoms. The van der Waals surface area contributed by atoms with Gasteiger partial charge in [0.05, 0.1) is 6.21 Å². The first kappa shape index (κ1) is 24.9. The lowest BCUT2D eigenvalue weighted by atomic mass is 10.2. The number of ether oxygens (including phenoxy) is 2. The van der Waals surface area contributed by atoms with Crippen LogP contribution < -0.4 is 14.9 Å². The van der Waals surface area contributed by atoms with Crippen molar-refractivity contribution < 1.29 is 18.7 Å². The van der Waals surface area contributed by atoms with Crippen LogP contribution in [0.5, 0.6) is 11.5 Å². The molecule has 0 unspecified atom stereocenters. The van der Waals surface area contributed by atoms with Gasteiger partial charge in [0.1, 0.15) is 30.5 Å². The highest BCUT2D eigenvalue weighted by Gasteiger charge is 2.11. The van der Waals surface area contributed by atoms with Crippen molar-refractivity contribution in [2.75, 3.05) is 6.61 Å². The molecule has 0 aliphatic rings. The van der Waals surface area contributed by atoms with Crippen molar-refractivity contribution in [2.24, 2.45) is 5.10 Å². The third-order valence-corrected chi connectivity index (χ3v) is 5.57. The van der Waals surface area contributed by atoms with E-state index in [2.05, 4.69) is 47.7 Å². The van der Waals surface area contributed by atoms with Gasteiger partial charge in [0.2, 0.25) is 0 Å². The molecule has 1 N–H and O–H groups in total. The first-order valence-corrected chi connectivity index (χ1v) is 11.7. The minimum Gasteiger partial charge on any atom is -0.489 e. The van der Waals surface area contributed by atoms with E-state index in [1.807, 2.05) is 24.3 Å². The molecule has 0 fully saturated rings. The fourth-order valence-electron chi connectivity index (χ4n) is 3.62. The maximum Gasteiger partial charge on any atom is 0.307 e. The van der Waals surface area contributed by atoms with Crippen LogP contribution in [0.2, 0.25) is 5.02 Å². The van der Waals surface area contributed by atoms with Gasteiger partial charge in [0, 0.05) is 27.7 Å². The molecule has 0 spiro atoms. The standard InChI is InChI=1S/C28H26ClN3O4/c1-4-15-34-26-13-7-22(29)16-21(26)17-30-31-28(33)27-14-12-25(36-27)18-35-24-10-8-23(9-11-24)32-19(2)5-6-20(32)3/h4-14,16-17H,1,15,18H2,2-3H3,(H,31,33)/b30-17+. The maximum absolute atomic E-state index is 12.4. The van der Waals surface area contributed by atoms with Gasteiger partial charge >= 0.3 is 5.91 Å². The Kier molecular flexibility index (Phi) is 7.92. The molecule has 0 saturated carbocycles. The molecule has 0 radical (unpaired) electrons. The minimum absolute atomic E-state index is 0.119. The van der Waals surface area contributed by atoms with Gasteiger partial charge in [-0.25, -0.2) is 5.43 Å². The topological polar surface area (TPSA) is 78.0 Å². The fourth-order valence-corrected chi connectivity index (χ4v) is 3.80. The summed E-state index contributed by atoms with van der Waals surface area (Å²) in [6, 6.07) is 20.4. The van der Waals surface area contributed by atoms with E-state index in [0.29, 0.717) is 34.5 Å². The molecule has 2 aromatic heterocycles. The number of furan rings is 1. The Bertz CT molecular complexity index is 1370. The number of benzene rings is 2. The molecule has 2 aromatic carbocycles. The molecule has 184 valence electrons. The Labute approximate surface area is 214 Å². The Morgan fingerprint density at radius 2 is 1.81 bits per heavy atom. The van der Waals surface area contributed by atoms with Crippen LogP contribution in [-0.2, 0) is 6.61 Å². The summed E-state index contributed by atoms with van der Waals surface area (Å²) < 4.78 is 19.2. The molecular formula is C28H26ClN3O4. The van der Waals surface area contributed by atoms with Gasteiger partial charge in [0.25, 0.3) is 0 Å². The number of carbonyl (C=O) groups is 1. The lowest BCUT2D eigenvalue weighted by molar-refractivity contribution is 0.0923. The number of nitrogens with one attached hydrogen (secondary N) is 1. The molecule has 0 saturated heterocycles. The van der Waals surface area contributed by atoms with Crippen LogP contribution in [-0.4, -0.2) is 23.3 Å². The van der Waals surface area contributed by atoms with E-state index in [1.54, 1.807) is 36.4 Å². The second kappa shape index (κ2) is 11.5. The third kappa shape index (κ3) is 6.06. The van der Waals surface area contributed by atoms with E-state index in [4.69, 9.17) is 25.5 Å². The highest BCUT2D eigenvalue weighted by Crippen LogP contribution is 2.22. The van der Waals surface area contributed by atoms with Crippen molar-refractivity contribution in [1.29, 1.82) is 0 Å². The number of hydrogen-bond acceptors (Lipinski definition) is 5. The second-order valence-electron chi connectivity index (χ2n) is 7.98. The van der Waals surface area contributed by atoms with Crippen molar-refractivity contribution in [3.63, 3.8) is 0 Å². The van der Waals surface area contributed by atoms with Crippen LogP contribution in [0.15, 0.2) is 88.9 Å². The highest BCUT2D eigenvalue weighted by molar-refractivity contribution is 6.30. The number of hydrogen-bond donors (Lipinski definition) is 1. The average Bonchev–Trinajstić information content (AvgIpc) is 3.49. The molecule has 1 amide bonds. The van der Waals surface area contributed by atoms with Crippen molar-refractivity contribution >= 4 is 23.7 Å². The summed E-state index contributed by atoms with van der Waals surface area (Å²) in [7, 11) is 0. The lowest BCUT2D eigenvalue weighted by Crippen LogP contribution is -2.16. The normalized spacial score (nSPS) is 11.0. The van der Waals surface area contributed by atoms with Crippen LogP contribution in [0.3, 0.4) is 0 Å². The molecule has 0 aliphatic heterocycles. The number of aryl methyl sites for hydroxylation is 2. The molecule has 2 heterocycles. The number of aromatic nitrogens is 1. The molecule has 36 heavy (non-hydrogen) atoms. The van der Waals surface area contributed by atoms with Gasteiger partial charge in [-0.2, -0.15) is 5.10 Å². The Hall–Kier alpha value is -4.23. The maximum atomic E-state index is 12.4. The zero-order valence-electron chi connectivity index (χ0n) is 20.0. The molecule has 4 rings (SSSR count). The van der Waals surface area contributed by atoms with Gasteiger partial charge in [-0.05, 0) is 80.6 Å². The number of hydrazone groups is 1. The van der Waals surface area contributed by atoms with Gasteiger partial charge in [-0.1, -0.05) is 24.3 Å². The minimum atomic E-state index is -0.491. The summed E-state index contributed by atoms with van der Waals surface area (Å²) in [5.74, 6) is 1.41. The summed E-state index contributed by atoms with van der Waals surface area (Å²) in [6.07, 6.45) is 3.09. The molecular weight excluding hydrogens is 478 g/mol. The van der Waals surface area contributed by atoms with Crippen molar-refractivity contribution in [2.45, 2.75) is 20.5 Å². The summed E-state index contributed by atoms with van der Waals surface area (Å²) in [5.41, 5.74) is 6.46.